The Kier molecular flexibility index (Phi) is 6.10. The molecular formula is C14H24N2O3S. The number of aliphatic hydroxyl groups is 1. The number of ether oxygens (including phenoxy) is 1. The quantitative estimate of drug-likeness (QED) is 0.811. The number of aryl methyl sites for hydroxylation is 1. The molecule has 2 unspecified atom stereocenters. The third kappa shape index (κ3) is 4.01. The van der Waals surface area contributed by atoms with Crippen LogP contribution in [-0.4, -0.2) is 35.3 Å². The number of carbonyl (C=O) groups excluding carboxylic acids is 1. The van der Waals surface area contributed by atoms with Gasteiger partial charge in [-0.1, -0.05) is 6.92 Å². The Bertz CT molecular complexity index is 461. The summed E-state index contributed by atoms with van der Waals surface area (Å²) in [6.07, 6.45) is 1.18. The lowest BCUT2D eigenvalue weighted by Gasteiger charge is -2.28. The second-order valence-electron chi connectivity index (χ2n) is 5.19. The highest BCUT2D eigenvalue weighted by molar-refractivity contribution is 7.13. The zero-order valence-electron chi connectivity index (χ0n) is 12.8. The number of carbonyl (C=O) groups is 1. The van der Waals surface area contributed by atoms with Gasteiger partial charge in [-0.3, -0.25) is 4.79 Å². The van der Waals surface area contributed by atoms with Gasteiger partial charge in [-0.25, -0.2) is 4.98 Å². The Hall–Kier alpha value is -0.980. The summed E-state index contributed by atoms with van der Waals surface area (Å²) >= 11 is 1.36. The normalized spacial score (nSPS) is 15.7. The predicted molar refractivity (Wildman–Crippen MR) is 80.1 cm³/mol. The van der Waals surface area contributed by atoms with E-state index in [1.165, 1.54) is 11.3 Å². The number of nitrogens with zero attached hydrogens (tertiary/aromatic N) is 1. The minimum Gasteiger partial charge on any atom is -0.396 e. The lowest BCUT2D eigenvalue weighted by Crippen LogP contribution is -2.46. The molecule has 0 fully saturated rings. The van der Waals surface area contributed by atoms with E-state index in [1.807, 2.05) is 27.7 Å². The molecule has 0 spiro atoms. The fraction of sp³-hybridized carbons (Fsp3) is 0.714. The first-order chi connectivity index (χ1) is 9.36. The molecule has 0 aliphatic carbocycles. The molecule has 1 aromatic heterocycles. The first kappa shape index (κ1) is 17.1. The molecule has 0 radical (unpaired) electrons. The molecule has 2 atom stereocenters. The maximum absolute atomic E-state index is 12.4. The topological polar surface area (TPSA) is 71.5 Å². The molecule has 0 saturated heterocycles. The van der Waals surface area contributed by atoms with Crippen LogP contribution in [0.3, 0.4) is 0 Å². The van der Waals surface area contributed by atoms with Gasteiger partial charge in [-0.05, 0) is 33.6 Å². The van der Waals surface area contributed by atoms with Crippen LogP contribution in [0.1, 0.15) is 60.1 Å². The fourth-order valence-corrected chi connectivity index (χ4v) is 2.80. The van der Waals surface area contributed by atoms with Crippen LogP contribution in [0.5, 0.6) is 0 Å². The van der Waals surface area contributed by atoms with Gasteiger partial charge in [0.2, 0.25) is 0 Å². The summed E-state index contributed by atoms with van der Waals surface area (Å²) in [5, 5.41) is 12.9. The fourth-order valence-electron chi connectivity index (χ4n) is 1.81. The average molecular weight is 300 g/mol. The third-order valence-corrected chi connectivity index (χ3v) is 4.90. The number of hydrogen-bond acceptors (Lipinski definition) is 5. The number of rotatable bonds is 7. The molecule has 1 aromatic rings. The van der Waals surface area contributed by atoms with Crippen molar-refractivity contribution < 1.29 is 14.6 Å². The molecular weight excluding hydrogens is 276 g/mol. The summed E-state index contributed by atoms with van der Waals surface area (Å²) in [6, 6.07) is 0. The monoisotopic (exact) mass is 300 g/mol. The SMILES string of the molecule is CCC(C)(CCO)NC(=O)c1sc(C(C)OC)nc1C. The van der Waals surface area contributed by atoms with E-state index in [1.54, 1.807) is 7.11 Å². The molecule has 1 amide bonds. The molecule has 1 heterocycles. The van der Waals surface area contributed by atoms with E-state index >= 15 is 0 Å². The molecule has 6 heteroatoms. The second-order valence-corrected chi connectivity index (χ2v) is 6.22. The minimum atomic E-state index is -0.394. The van der Waals surface area contributed by atoms with E-state index in [0.717, 1.165) is 11.4 Å². The molecule has 0 aromatic carbocycles. The van der Waals surface area contributed by atoms with Gasteiger partial charge in [0.15, 0.2) is 0 Å². The largest absolute Gasteiger partial charge is 0.396 e. The molecule has 2 N–H and O–H groups in total. The molecule has 5 nitrogen and oxygen atoms in total. The molecule has 0 aliphatic heterocycles. The average Bonchev–Trinajstić information content (AvgIpc) is 2.80. The smallest absolute Gasteiger partial charge is 0.263 e. The van der Waals surface area contributed by atoms with Crippen molar-refractivity contribution >= 4 is 17.2 Å². The zero-order chi connectivity index (χ0) is 15.3. The van der Waals surface area contributed by atoms with Crippen molar-refractivity contribution in [2.45, 2.75) is 52.2 Å². The van der Waals surface area contributed by atoms with Crippen LogP contribution >= 0.6 is 11.3 Å². The van der Waals surface area contributed by atoms with Gasteiger partial charge in [-0.2, -0.15) is 0 Å². The van der Waals surface area contributed by atoms with E-state index in [9.17, 15) is 4.79 Å². The molecule has 0 saturated carbocycles. The van der Waals surface area contributed by atoms with Gasteiger partial charge in [0.05, 0.1) is 5.69 Å². The van der Waals surface area contributed by atoms with E-state index in [0.29, 0.717) is 17.0 Å². The summed E-state index contributed by atoms with van der Waals surface area (Å²) < 4.78 is 5.23. The van der Waals surface area contributed by atoms with Crippen molar-refractivity contribution in [2.24, 2.45) is 0 Å². The van der Waals surface area contributed by atoms with Gasteiger partial charge in [-0.15, -0.1) is 11.3 Å². The van der Waals surface area contributed by atoms with Crippen LogP contribution in [0, 0.1) is 6.92 Å². The van der Waals surface area contributed by atoms with Crippen LogP contribution < -0.4 is 5.32 Å². The van der Waals surface area contributed by atoms with Crippen molar-refractivity contribution in [3.63, 3.8) is 0 Å². The van der Waals surface area contributed by atoms with Crippen molar-refractivity contribution in [1.29, 1.82) is 0 Å². The van der Waals surface area contributed by atoms with Gasteiger partial charge in [0.25, 0.3) is 5.91 Å². The summed E-state index contributed by atoms with van der Waals surface area (Å²) in [4.78, 5) is 17.4. The Balaban J connectivity index is 2.89. The molecule has 20 heavy (non-hydrogen) atoms. The Morgan fingerprint density at radius 2 is 2.25 bits per heavy atom. The Morgan fingerprint density at radius 3 is 2.75 bits per heavy atom. The lowest BCUT2D eigenvalue weighted by molar-refractivity contribution is 0.0889. The van der Waals surface area contributed by atoms with E-state index in [2.05, 4.69) is 10.3 Å². The molecule has 0 aliphatic rings. The summed E-state index contributed by atoms with van der Waals surface area (Å²) in [7, 11) is 1.62. The minimum absolute atomic E-state index is 0.0538. The summed E-state index contributed by atoms with van der Waals surface area (Å²) in [6.45, 7) is 7.72. The van der Waals surface area contributed by atoms with Crippen molar-refractivity contribution in [3.8, 4) is 0 Å². The van der Waals surface area contributed by atoms with Gasteiger partial charge < -0.3 is 15.2 Å². The second kappa shape index (κ2) is 7.15. The van der Waals surface area contributed by atoms with Crippen molar-refractivity contribution in [2.75, 3.05) is 13.7 Å². The van der Waals surface area contributed by atoms with E-state index in [-0.39, 0.29) is 18.6 Å². The molecule has 0 bridgehead atoms. The number of nitrogens with one attached hydrogen (secondary N) is 1. The summed E-state index contributed by atoms with van der Waals surface area (Å²) in [5.41, 5.74) is 0.323. The first-order valence-electron chi connectivity index (χ1n) is 6.80. The summed E-state index contributed by atoms with van der Waals surface area (Å²) in [5.74, 6) is -0.132. The molecule has 114 valence electrons. The highest BCUT2D eigenvalue weighted by Crippen LogP contribution is 2.26. The third-order valence-electron chi connectivity index (χ3n) is 3.58. The van der Waals surface area contributed by atoms with E-state index in [4.69, 9.17) is 9.84 Å². The van der Waals surface area contributed by atoms with E-state index < -0.39 is 5.54 Å². The first-order valence-corrected chi connectivity index (χ1v) is 7.62. The Labute approximate surface area is 124 Å². The Morgan fingerprint density at radius 1 is 1.60 bits per heavy atom. The highest BCUT2D eigenvalue weighted by Gasteiger charge is 2.26. The number of methoxy groups -OCH3 is 1. The zero-order valence-corrected chi connectivity index (χ0v) is 13.6. The molecule has 1 rings (SSSR count). The van der Waals surface area contributed by atoms with Crippen molar-refractivity contribution in [3.05, 3.63) is 15.6 Å². The van der Waals surface area contributed by atoms with Crippen LogP contribution in [0.2, 0.25) is 0 Å². The van der Waals surface area contributed by atoms with Crippen LogP contribution in [0.4, 0.5) is 0 Å². The predicted octanol–water partition coefficient (Wildman–Crippen LogP) is 2.44. The van der Waals surface area contributed by atoms with Gasteiger partial charge in [0.1, 0.15) is 16.0 Å². The lowest BCUT2D eigenvalue weighted by atomic mass is 9.95. The van der Waals surface area contributed by atoms with Crippen molar-refractivity contribution in [1.82, 2.24) is 10.3 Å². The van der Waals surface area contributed by atoms with Gasteiger partial charge >= 0.3 is 0 Å². The van der Waals surface area contributed by atoms with Crippen LogP contribution in [-0.2, 0) is 4.74 Å². The van der Waals surface area contributed by atoms with Gasteiger partial charge in [0, 0.05) is 19.3 Å². The maximum Gasteiger partial charge on any atom is 0.263 e. The maximum atomic E-state index is 12.4. The van der Waals surface area contributed by atoms with Crippen LogP contribution in [0.25, 0.3) is 0 Å². The number of aromatic nitrogens is 1. The standard InChI is InChI=1S/C14H24N2O3S/c1-6-14(4,7-8-17)16-12(18)11-9(2)15-13(20-11)10(3)19-5/h10,17H,6-8H2,1-5H3,(H,16,18). The number of aliphatic hydroxyl groups excluding tert-OH is 1. The van der Waals surface area contributed by atoms with Crippen LogP contribution in [0.15, 0.2) is 0 Å². The number of amides is 1. The number of hydrogen-bond donors (Lipinski definition) is 2. The number of thiazole rings is 1. The highest BCUT2D eigenvalue weighted by atomic mass is 32.1.